The van der Waals surface area contributed by atoms with E-state index in [9.17, 15) is 28.8 Å². The first kappa shape index (κ1) is 39.1. The molecule has 0 aromatic heterocycles. The van der Waals surface area contributed by atoms with Crippen LogP contribution in [-0.2, 0) is 63.8 Å². The number of carbonyl (C=O) groups excluding carboxylic acids is 6. The Balaban J connectivity index is 2.45. The molecule has 0 heterocycles. The molecule has 1 saturated carbocycles. The Morgan fingerprint density at radius 3 is 1.86 bits per heavy atom. The van der Waals surface area contributed by atoms with Crippen molar-refractivity contribution < 1.29 is 57.2 Å². The van der Waals surface area contributed by atoms with E-state index in [1.165, 1.54) is 40.7 Å². The number of esters is 5. The lowest BCUT2D eigenvalue weighted by molar-refractivity contribution is -0.211. The Bertz CT molecular complexity index is 1490. The van der Waals surface area contributed by atoms with Crippen LogP contribution >= 0.6 is 0 Å². The van der Waals surface area contributed by atoms with Crippen molar-refractivity contribution in [3.05, 3.63) is 59.2 Å². The van der Waals surface area contributed by atoms with Crippen LogP contribution in [0.4, 0.5) is 0 Å². The van der Waals surface area contributed by atoms with Crippen LogP contribution in [0.1, 0.15) is 81.2 Å². The zero-order valence-electron chi connectivity index (χ0n) is 29.9. The van der Waals surface area contributed by atoms with E-state index in [4.69, 9.17) is 28.4 Å². The maximum Gasteiger partial charge on any atom is 0.303 e. The second kappa shape index (κ2) is 15.9. The van der Waals surface area contributed by atoms with Gasteiger partial charge in [0.05, 0.1) is 18.6 Å². The second-order valence-corrected chi connectivity index (χ2v) is 13.5. The predicted octanol–water partition coefficient (Wildman–Crippen LogP) is 4.76. The minimum atomic E-state index is -1.93. The first-order valence-corrected chi connectivity index (χ1v) is 16.2. The van der Waals surface area contributed by atoms with Gasteiger partial charge in [0.25, 0.3) is 0 Å². The molecule has 0 spiro atoms. The highest BCUT2D eigenvalue weighted by Gasteiger charge is 2.68. The van der Waals surface area contributed by atoms with Gasteiger partial charge in [0.2, 0.25) is 11.9 Å². The van der Waals surface area contributed by atoms with Crippen LogP contribution in [0.3, 0.4) is 0 Å². The van der Waals surface area contributed by atoms with Crippen LogP contribution in [0.5, 0.6) is 0 Å². The minimum absolute atomic E-state index is 0.0495. The average molecular weight is 685 g/mol. The molecule has 2 aliphatic rings. The van der Waals surface area contributed by atoms with Gasteiger partial charge in [-0.3, -0.25) is 28.8 Å². The third-order valence-electron chi connectivity index (χ3n) is 8.98. The number of carbonyl (C=O) groups is 6. The molecule has 1 aromatic rings. The minimum Gasteiger partial charge on any atom is -0.458 e. The van der Waals surface area contributed by atoms with Crippen molar-refractivity contribution in [2.45, 2.75) is 118 Å². The molecule has 0 aliphatic heterocycles. The summed E-state index contributed by atoms with van der Waals surface area (Å²) in [6, 6.07) is 9.28. The molecule has 0 radical (unpaired) electrons. The van der Waals surface area contributed by atoms with Gasteiger partial charge >= 0.3 is 29.8 Å². The fourth-order valence-electron chi connectivity index (χ4n) is 6.91. The van der Waals surface area contributed by atoms with E-state index in [-0.39, 0.29) is 18.6 Å². The molecule has 0 bridgehead atoms. The molecule has 49 heavy (non-hydrogen) atoms. The summed E-state index contributed by atoms with van der Waals surface area (Å²) in [5.74, 6) is -6.04. The first-order chi connectivity index (χ1) is 22.8. The topological polar surface area (TPSA) is 158 Å². The molecule has 12 heteroatoms. The predicted molar refractivity (Wildman–Crippen MR) is 175 cm³/mol. The smallest absolute Gasteiger partial charge is 0.303 e. The molecule has 12 nitrogen and oxygen atoms in total. The van der Waals surface area contributed by atoms with Crippen LogP contribution < -0.4 is 0 Å². The van der Waals surface area contributed by atoms with E-state index in [1.54, 1.807) is 33.8 Å². The van der Waals surface area contributed by atoms with Gasteiger partial charge in [-0.1, -0.05) is 63.3 Å². The molecule has 3 rings (SSSR count). The largest absolute Gasteiger partial charge is 0.458 e. The molecule has 268 valence electrons. The van der Waals surface area contributed by atoms with Crippen molar-refractivity contribution >= 4 is 35.6 Å². The molecule has 0 N–H and O–H groups in total. The van der Waals surface area contributed by atoms with E-state index in [2.05, 4.69) is 0 Å². The summed E-state index contributed by atoms with van der Waals surface area (Å²) in [6.07, 6.45) is -2.85. The van der Waals surface area contributed by atoms with Crippen molar-refractivity contribution in [1.29, 1.82) is 0 Å². The third-order valence-corrected chi connectivity index (χ3v) is 8.98. The first-order valence-electron chi connectivity index (χ1n) is 16.2. The number of ketones is 1. The maximum absolute atomic E-state index is 14.4. The quantitative estimate of drug-likeness (QED) is 0.210. The lowest BCUT2D eigenvalue weighted by Gasteiger charge is -2.44. The number of rotatable bonds is 8. The van der Waals surface area contributed by atoms with Crippen LogP contribution in [0.25, 0.3) is 0 Å². The van der Waals surface area contributed by atoms with Crippen molar-refractivity contribution in [2.75, 3.05) is 0 Å². The molecule has 0 saturated heterocycles. The zero-order chi connectivity index (χ0) is 36.8. The van der Waals surface area contributed by atoms with Crippen molar-refractivity contribution in [1.82, 2.24) is 0 Å². The van der Waals surface area contributed by atoms with Gasteiger partial charge in [-0.25, -0.2) is 0 Å². The Morgan fingerprint density at radius 2 is 1.33 bits per heavy atom. The highest BCUT2D eigenvalue weighted by molar-refractivity contribution is 6.00. The van der Waals surface area contributed by atoms with E-state index in [0.717, 1.165) is 12.5 Å². The molecule has 8 atom stereocenters. The van der Waals surface area contributed by atoms with Gasteiger partial charge in [0.15, 0.2) is 23.9 Å². The maximum atomic E-state index is 14.4. The van der Waals surface area contributed by atoms with E-state index in [0.29, 0.717) is 5.57 Å². The summed E-state index contributed by atoms with van der Waals surface area (Å²) in [7, 11) is 0. The van der Waals surface area contributed by atoms with Gasteiger partial charge in [-0.05, 0) is 37.0 Å². The molecule has 0 amide bonds. The molecule has 1 fully saturated rings. The fraction of sp³-hybridized carbons (Fsp3) is 0.568. The summed E-state index contributed by atoms with van der Waals surface area (Å²) in [4.78, 5) is 77.7. The molecular formula is C37H48O12. The molecule has 0 unspecified atom stereocenters. The highest BCUT2D eigenvalue weighted by atomic mass is 16.6. The second-order valence-electron chi connectivity index (χ2n) is 13.5. The normalized spacial score (nSPS) is 32.0. The summed E-state index contributed by atoms with van der Waals surface area (Å²) in [5, 5.41) is 0. The van der Waals surface area contributed by atoms with Crippen molar-refractivity contribution in [2.24, 2.45) is 17.3 Å². The SMILES string of the molecule is CC(=O)O[C@@H]1C(=O)/C(C)=C/[C@H]2[C@@H](OCc3ccccc3)[C@@H](C)[C@H](OC(C)=O)[C@]2(OC(C)=O)[C@H](OC(C)=O)/C(C)=C/CC(C)(C)[C@H]1OC(C)=O. The van der Waals surface area contributed by atoms with Crippen LogP contribution in [0, 0.1) is 17.3 Å². The van der Waals surface area contributed by atoms with Crippen molar-refractivity contribution in [3.8, 4) is 0 Å². The summed E-state index contributed by atoms with van der Waals surface area (Å²) < 4.78 is 36.0. The van der Waals surface area contributed by atoms with Crippen LogP contribution in [0.15, 0.2) is 53.6 Å². The van der Waals surface area contributed by atoms with E-state index in [1.807, 2.05) is 30.3 Å². The number of allylic oxidation sites excluding steroid dienone is 1. The fourth-order valence-corrected chi connectivity index (χ4v) is 6.91. The Kier molecular flexibility index (Phi) is 12.7. The number of fused-ring (bicyclic) bond motifs is 1. The number of hydrogen-bond acceptors (Lipinski definition) is 12. The number of Topliss-reactive ketones (excluding diaryl/α,β-unsaturated/α-hetero) is 1. The molecular weight excluding hydrogens is 636 g/mol. The standard InChI is InChI=1S/C37H48O12/c1-20-16-17-36(9,10)35(48-26(7)41)32(45-23(4)38)30(43)21(2)18-29-31(44-19-28-14-12-11-13-15-28)22(3)34(47-25(6)40)37(29,49-27(8)42)33(20)46-24(5)39/h11-16,18,22,29,31-35H,17,19H2,1-10H3/b20-16+,21-18+/t22-,29+,31+,32-,33-,34+,35+,37-/m1/s1. The highest BCUT2D eigenvalue weighted by Crippen LogP contribution is 2.52. The average Bonchev–Trinajstić information content (AvgIpc) is 3.20. The Hall–Kier alpha value is -4.32. The zero-order valence-corrected chi connectivity index (χ0v) is 29.9. The monoisotopic (exact) mass is 684 g/mol. The van der Waals surface area contributed by atoms with E-state index < -0.39 is 89.0 Å². The number of benzene rings is 1. The van der Waals surface area contributed by atoms with Gasteiger partial charge in [-0.2, -0.15) is 0 Å². The lowest BCUT2D eigenvalue weighted by Crippen LogP contribution is -2.60. The number of ether oxygens (including phenoxy) is 6. The molecule has 1 aromatic carbocycles. The number of hydrogen-bond donors (Lipinski definition) is 0. The van der Waals surface area contributed by atoms with E-state index >= 15 is 0 Å². The summed E-state index contributed by atoms with van der Waals surface area (Å²) >= 11 is 0. The van der Waals surface area contributed by atoms with Gasteiger partial charge in [-0.15, -0.1) is 0 Å². The Morgan fingerprint density at radius 1 is 0.776 bits per heavy atom. The van der Waals surface area contributed by atoms with Crippen LogP contribution in [-0.4, -0.2) is 71.8 Å². The van der Waals surface area contributed by atoms with Crippen molar-refractivity contribution in [3.63, 3.8) is 0 Å². The van der Waals surface area contributed by atoms with Gasteiger partial charge in [0.1, 0.15) is 0 Å². The Labute approximate surface area is 287 Å². The van der Waals surface area contributed by atoms with Gasteiger partial charge in [0, 0.05) is 46.0 Å². The third kappa shape index (κ3) is 9.03. The molecule has 2 aliphatic carbocycles. The van der Waals surface area contributed by atoms with Crippen LogP contribution in [0.2, 0.25) is 0 Å². The lowest BCUT2D eigenvalue weighted by atomic mass is 9.74. The summed E-state index contributed by atoms with van der Waals surface area (Å²) in [5.41, 5.74) is -1.67. The summed E-state index contributed by atoms with van der Waals surface area (Å²) in [6.45, 7) is 14.4. The van der Waals surface area contributed by atoms with Gasteiger partial charge < -0.3 is 28.4 Å².